The summed E-state index contributed by atoms with van der Waals surface area (Å²) < 4.78 is 33.9. The Bertz CT molecular complexity index is 1010. The van der Waals surface area contributed by atoms with E-state index in [1.54, 1.807) is 11.0 Å². The Morgan fingerprint density at radius 1 is 1.03 bits per heavy atom. The van der Waals surface area contributed by atoms with Gasteiger partial charge in [0.15, 0.2) is 0 Å². The van der Waals surface area contributed by atoms with Crippen molar-refractivity contribution in [3.05, 3.63) is 53.6 Å². The van der Waals surface area contributed by atoms with Crippen molar-refractivity contribution < 1.29 is 17.9 Å². The van der Waals surface area contributed by atoms with Gasteiger partial charge in [-0.3, -0.25) is 4.79 Å². The molecule has 0 spiro atoms. The van der Waals surface area contributed by atoms with Gasteiger partial charge in [0.05, 0.1) is 17.6 Å². The molecule has 3 rings (SSSR count). The van der Waals surface area contributed by atoms with Crippen molar-refractivity contribution in [2.75, 3.05) is 38.2 Å². The van der Waals surface area contributed by atoms with Crippen molar-refractivity contribution in [1.29, 1.82) is 0 Å². The lowest BCUT2D eigenvalue weighted by atomic mass is 10.1. The van der Waals surface area contributed by atoms with Crippen LogP contribution in [0.15, 0.2) is 47.4 Å². The molecule has 0 aromatic heterocycles. The third kappa shape index (κ3) is 5.61. The summed E-state index contributed by atoms with van der Waals surface area (Å²) in [6.07, 6.45) is 3.02. The Kier molecular flexibility index (Phi) is 8.15. The van der Waals surface area contributed by atoms with Gasteiger partial charge in [-0.15, -0.1) is 0 Å². The summed E-state index contributed by atoms with van der Waals surface area (Å²) in [4.78, 5) is 17.1. The van der Waals surface area contributed by atoms with Gasteiger partial charge in [-0.05, 0) is 69.0 Å². The molecule has 0 radical (unpaired) electrons. The van der Waals surface area contributed by atoms with Crippen LogP contribution in [0.4, 0.5) is 5.69 Å². The van der Waals surface area contributed by atoms with Gasteiger partial charge in [0.25, 0.3) is 5.91 Å². The van der Waals surface area contributed by atoms with Gasteiger partial charge in [-0.2, -0.15) is 0 Å². The summed E-state index contributed by atoms with van der Waals surface area (Å²) in [7, 11) is -2.31. The molecule has 2 aromatic rings. The lowest BCUT2D eigenvalue weighted by Gasteiger charge is -2.27. The molecule has 7 nitrogen and oxygen atoms in total. The number of sulfonamides is 1. The molecule has 1 aliphatic rings. The number of amides is 1. The van der Waals surface area contributed by atoms with E-state index in [2.05, 4.69) is 23.5 Å². The van der Waals surface area contributed by atoms with Crippen molar-refractivity contribution in [1.82, 2.24) is 9.62 Å². The second kappa shape index (κ2) is 10.8. The lowest BCUT2D eigenvalue weighted by molar-refractivity contribution is 0.0720. The van der Waals surface area contributed by atoms with Crippen molar-refractivity contribution in [3.8, 4) is 5.75 Å². The first-order chi connectivity index (χ1) is 15.4. The fraction of sp³-hybridized carbons (Fsp3) is 0.458. The average molecular weight is 460 g/mol. The van der Waals surface area contributed by atoms with E-state index in [4.69, 9.17) is 4.74 Å². The van der Waals surface area contributed by atoms with Gasteiger partial charge in [0.1, 0.15) is 5.75 Å². The zero-order valence-corrected chi connectivity index (χ0v) is 20.0. The van der Waals surface area contributed by atoms with E-state index in [0.717, 1.165) is 43.6 Å². The van der Waals surface area contributed by atoms with Crippen LogP contribution in [0.2, 0.25) is 0 Å². The molecule has 1 saturated heterocycles. The summed E-state index contributed by atoms with van der Waals surface area (Å²) in [6, 6.07) is 12.3. The first kappa shape index (κ1) is 24.1. The maximum Gasteiger partial charge on any atom is 0.257 e. The van der Waals surface area contributed by atoms with Crippen LogP contribution in [0, 0.1) is 0 Å². The fourth-order valence-electron chi connectivity index (χ4n) is 3.96. The van der Waals surface area contributed by atoms with Crippen LogP contribution < -0.4 is 14.4 Å². The minimum Gasteiger partial charge on any atom is -0.496 e. The molecule has 0 saturated carbocycles. The second-order valence-electron chi connectivity index (χ2n) is 7.88. The molecular weight excluding hydrogens is 426 g/mol. The predicted octanol–water partition coefficient (Wildman–Crippen LogP) is 3.65. The molecule has 0 bridgehead atoms. The van der Waals surface area contributed by atoms with E-state index >= 15 is 0 Å². The molecule has 174 valence electrons. The molecule has 32 heavy (non-hydrogen) atoms. The molecule has 8 heteroatoms. The Morgan fingerprint density at radius 2 is 1.69 bits per heavy atom. The van der Waals surface area contributed by atoms with E-state index in [9.17, 15) is 13.2 Å². The number of nitrogens with one attached hydrogen (secondary N) is 1. The first-order valence-corrected chi connectivity index (χ1v) is 12.7. The number of methoxy groups -OCH3 is 1. The van der Waals surface area contributed by atoms with Crippen molar-refractivity contribution in [2.45, 2.75) is 44.6 Å². The summed E-state index contributed by atoms with van der Waals surface area (Å²) in [5.74, 6) is 0.192. The number of piperidine rings is 1. The van der Waals surface area contributed by atoms with Crippen molar-refractivity contribution >= 4 is 21.6 Å². The number of likely N-dealkylation sites (tertiary alicyclic amines) is 1. The normalized spacial score (nSPS) is 14.3. The third-order valence-electron chi connectivity index (χ3n) is 5.89. The maximum atomic E-state index is 13.0. The van der Waals surface area contributed by atoms with Crippen LogP contribution >= 0.6 is 0 Å². The molecule has 0 unspecified atom stereocenters. The number of hydrogen-bond acceptors (Lipinski definition) is 5. The Morgan fingerprint density at radius 3 is 2.28 bits per heavy atom. The SMILES string of the molecule is CCN(CC)c1ccc(CNS(=O)(=O)c2ccc(OC)c(C(=O)N3CCCCC3)c2)cc1. The molecule has 1 aliphatic heterocycles. The zero-order valence-electron chi connectivity index (χ0n) is 19.1. The second-order valence-corrected chi connectivity index (χ2v) is 9.65. The van der Waals surface area contributed by atoms with Crippen LogP contribution in [-0.4, -0.2) is 52.5 Å². The number of rotatable bonds is 9. The monoisotopic (exact) mass is 459 g/mol. The number of hydrogen-bond donors (Lipinski definition) is 1. The van der Waals surface area contributed by atoms with Gasteiger partial charge in [0.2, 0.25) is 10.0 Å². The van der Waals surface area contributed by atoms with Crippen LogP contribution in [0.3, 0.4) is 0 Å². The zero-order chi connectivity index (χ0) is 23.1. The Hall–Kier alpha value is -2.58. The number of carbonyl (C=O) groups excluding carboxylic acids is 1. The summed E-state index contributed by atoms with van der Waals surface area (Å²) in [5, 5.41) is 0. The fourth-order valence-corrected chi connectivity index (χ4v) is 5.01. The van der Waals surface area contributed by atoms with E-state index < -0.39 is 10.0 Å². The first-order valence-electron chi connectivity index (χ1n) is 11.2. The quantitative estimate of drug-likeness (QED) is 0.619. The smallest absolute Gasteiger partial charge is 0.257 e. The van der Waals surface area contributed by atoms with E-state index in [-0.39, 0.29) is 22.9 Å². The summed E-state index contributed by atoms with van der Waals surface area (Å²) in [6.45, 7) is 7.57. The number of benzene rings is 2. The third-order valence-corrected chi connectivity index (χ3v) is 7.29. The van der Waals surface area contributed by atoms with Gasteiger partial charge < -0.3 is 14.5 Å². The standard InChI is InChI=1S/C24H33N3O4S/c1-4-26(5-2)20-11-9-19(10-12-20)18-25-32(29,30)21-13-14-23(31-3)22(17-21)24(28)27-15-7-6-8-16-27/h9-14,17,25H,4-8,15-16,18H2,1-3H3. The van der Waals surface area contributed by atoms with Crippen LogP contribution in [0.1, 0.15) is 49.0 Å². The summed E-state index contributed by atoms with van der Waals surface area (Å²) in [5.41, 5.74) is 2.25. The molecule has 0 aliphatic carbocycles. The molecular formula is C24H33N3O4S. The molecule has 1 amide bonds. The molecule has 1 heterocycles. The average Bonchev–Trinajstić information content (AvgIpc) is 2.84. The highest BCUT2D eigenvalue weighted by molar-refractivity contribution is 7.89. The van der Waals surface area contributed by atoms with Crippen molar-refractivity contribution in [2.24, 2.45) is 0 Å². The molecule has 1 N–H and O–H groups in total. The minimum atomic E-state index is -3.79. The van der Waals surface area contributed by atoms with Gasteiger partial charge in [-0.25, -0.2) is 13.1 Å². The highest BCUT2D eigenvalue weighted by Crippen LogP contribution is 2.25. The van der Waals surface area contributed by atoms with Crippen LogP contribution in [0.25, 0.3) is 0 Å². The maximum absolute atomic E-state index is 13.0. The largest absolute Gasteiger partial charge is 0.496 e. The van der Waals surface area contributed by atoms with E-state index in [1.165, 1.54) is 19.2 Å². The lowest BCUT2D eigenvalue weighted by Crippen LogP contribution is -2.36. The molecule has 0 atom stereocenters. The molecule has 2 aromatic carbocycles. The minimum absolute atomic E-state index is 0.0541. The number of anilines is 1. The topological polar surface area (TPSA) is 79.0 Å². The number of ether oxygens (including phenoxy) is 1. The van der Waals surface area contributed by atoms with Crippen molar-refractivity contribution in [3.63, 3.8) is 0 Å². The Labute approximate surface area is 191 Å². The molecule has 1 fully saturated rings. The summed E-state index contributed by atoms with van der Waals surface area (Å²) >= 11 is 0. The highest BCUT2D eigenvalue weighted by Gasteiger charge is 2.24. The predicted molar refractivity (Wildman–Crippen MR) is 127 cm³/mol. The highest BCUT2D eigenvalue weighted by atomic mass is 32.2. The van der Waals surface area contributed by atoms with Gasteiger partial charge >= 0.3 is 0 Å². The van der Waals surface area contributed by atoms with E-state index in [0.29, 0.717) is 18.8 Å². The van der Waals surface area contributed by atoms with Gasteiger partial charge in [0, 0.05) is 38.4 Å². The van der Waals surface area contributed by atoms with Crippen LogP contribution in [-0.2, 0) is 16.6 Å². The van der Waals surface area contributed by atoms with Crippen LogP contribution in [0.5, 0.6) is 5.75 Å². The number of carbonyl (C=O) groups is 1. The number of nitrogens with zero attached hydrogens (tertiary/aromatic N) is 2. The van der Waals surface area contributed by atoms with Gasteiger partial charge in [-0.1, -0.05) is 12.1 Å². The Balaban J connectivity index is 1.75. The van der Waals surface area contributed by atoms with E-state index in [1.807, 2.05) is 24.3 Å².